The predicted molar refractivity (Wildman–Crippen MR) is 128 cm³/mol. The van der Waals surface area contributed by atoms with E-state index in [0.717, 1.165) is 39.1 Å². The SMILES string of the molecule is CCCc1sc(C(=O)/C=C/c2ccc(OC)c(COc3ccccc3Cl)c2)cc1Br. The summed E-state index contributed by atoms with van der Waals surface area (Å²) in [7, 11) is 1.62. The van der Waals surface area contributed by atoms with E-state index in [1.54, 1.807) is 30.6 Å². The number of hydrogen-bond donors (Lipinski definition) is 0. The number of hydrogen-bond acceptors (Lipinski definition) is 4. The van der Waals surface area contributed by atoms with Gasteiger partial charge in [-0.15, -0.1) is 11.3 Å². The van der Waals surface area contributed by atoms with Gasteiger partial charge >= 0.3 is 0 Å². The number of benzene rings is 2. The maximum absolute atomic E-state index is 12.6. The number of allylic oxidation sites excluding steroid dienone is 1. The molecule has 3 aromatic rings. The Morgan fingerprint density at radius 3 is 2.70 bits per heavy atom. The molecule has 0 aliphatic heterocycles. The van der Waals surface area contributed by atoms with Crippen molar-refractivity contribution in [1.29, 1.82) is 0 Å². The first-order valence-electron chi connectivity index (χ1n) is 9.56. The van der Waals surface area contributed by atoms with Crippen molar-refractivity contribution in [2.45, 2.75) is 26.4 Å². The molecule has 0 aliphatic rings. The zero-order valence-corrected chi connectivity index (χ0v) is 19.9. The summed E-state index contributed by atoms with van der Waals surface area (Å²) >= 11 is 11.3. The molecule has 156 valence electrons. The zero-order valence-electron chi connectivity index (χ0n) is 16.8. The van der Waals surface area contributed by atoms with E-state index in [1.165, 1.54) is 4.88 Å². The highest BCUT2D eigenvalue weighted by molar-refractivity contribution is 9.10. The van der Waals surface area contributed by atoms with Gasteiger partial charge < -0.3 is 9.47 Å². The van der Waals surface area contributed by atoms with E-state index < -0.39 is 0 Å². The molecule has 0 amide bonds. The third-order valence-corrected chi connectivity index (χ3v) is 6.92. The number of thiophene rings is 1. The van der Waals surface area contributed by atoms with Gasteiger partial charge in [0.25, 0.3) is 0 Å². The van der Waals surface area contributed by atoms with Gasteiger partial charge in [-0.2, -0.15) is 0 Å². The van der Waals surface area contributed by atoms with Crippen molar-refractivity contribution < 1.29 is 14.3 Å². The first kappa shape index (κ1) is 22.6. The lowest BCUT2D eigenvalue weighted by Gasteiger charge is -2.12. The van der Waals surface area contributed by atoms with Crippen molar-refractivity contribution in [3.63, 3.8) is 0 Å². The summed E-state index contributed by atoms with van der Waals surface area (Å²) in [6.07, 6.45) is 5.44. The average Bonchev–Trinajstić information content (AvgIpc) is 3.12. The van der Waals surface area contributed by atoms with Crippen LogP contribution in [0.15, 0.2) is 59.1 Å². The largest absolute Gasteiger partial charge is 0.496 e. The second-order valence-corrected chi connectivity index (χ2v) is 9.02. The van der Waals surface area contributed by atoms with Gasteiger partial charge in [0.05, 0.1) is 17.0 Å². The molecule has 0 N–H and O–H groups in total. The van der Waals surface area contributed by atoms with E-state index in [1.807, 2.05) is 48.5 Å². The Morgan fingerprint density at radius 2 is 1.97 bits per heavy atom. The van der Waals surface area contributed by atoms with Crippen LogP contribution in [-0.2, 0) is 13.0 Å². The van der Waals surface area contributed by atoms with Crippen LogP contribution in [0.4, 0.5) is 0 Å². The Kier molecular flexibility index (Phi) is 8.14. The summed E-state index contributed by atoms with van der Waals surface area (Å²) in [6.45, 7) is 2.44. The van der Waals surface area contributed by atoms with E-state index >= 15 is 0 Å². The Morgan fingerprint density at radius 1 is 1.17 bits per heavy atom. The Balaban J connectivity index is 1.74. The van der Waals surface area contributed by atoms with Crippen LogP contribution in [0.3, 0.4) is 0 Å². The molecule has 0 fully saturated rings. The second kappa shape index (κ2) is 10.8. The molecule has 0 bridgehead atoms. The van der Waals surface area contributed by atoms with Gasteiger partial charge in [-0.25, -0.2) is 0 Å². The molecule has 6 heteroatoms. The highest BCUT2D eigenvalue weighted by Gasteiger charge is 2.11. The van der Waals surface area contributed by atoms with Crippen molar-refractivity contribution in [2.75, 3.05) is 7.11 Å². The minimum absolute atomic E-state index is 0.00672. The van der Waals surface area contributed by atoms with Gasteiger partial charge in [-0.05, 0) is 64.3 Å². The fourth-order valence-corrected chi connectivity index (χ4v) is 5.00. The van der Waals surface area contributed by atoms with Crippen LogP contribution in [-0.4, -0.2) is 12.9 Å². The van der Waals surface area contributed by atoms with Crippen molar-refractivity contribution in [2.24, 2.45) is 0 Å². The van der Waals surface area contributed by atoms with E-state index in [4.69, 9.17) is 21.1 Å². The third kappa shape index (κ3) is 5.75. The third-order valence-electron chi connectivity index (χ3n) is 4.43. The monoisotopic (exact) mass is 504 g/mol. The maximum atomic E-state index is 12.6. The second-order valence-electron chi connectivity index (χ2n) is 6.62. The number of ketones is 1. The summed E-state index contributed by atoms with van der Waals surface area (Å²) in [6, 6.07) is 15.0. The van der Waals surface area contributed by atoms with Crippen LogP contribution in [0.1, 0.15) is 39.0 Å². The normalized spacial score (nSPS) is 11.1. The number of carbonyl (C=O) groups is 1. The van der Waals surface area contributed by atoms with Crippen molar-refractivity contribution >= 4 is 50.7 Å². The van der Waals surface area contributed by atoms with E-state index in [-0.39, 0.29) is 5.78 Å². The number of aryl methyl sites for hydroxylation is 1. The first-order chi connectivity index (χ1) is 14.5. The molecule has 0 radical (unpaired) electrons. The molecule has 0 saturated carbocycles. The summed E-state index contributed by atoms with van der Waals surface area (Å²) in [4.78, 5) is 14.5. The molecule has 2 aromatic carbocycles. The van der Waals surface area contributed by atoms with Crippen molar-refractivity contribution in [3.05, 3.63) is 85.0 Å². The van der Waals surface area contributed by atoms with Crippen LogP contribution in [0.5, 0.6) is 11.5 Å². The molecule has 1 aromatic heterocycles. The van der Waals surface area contributed by atoms with Gasteiger partial charge in [0.2, 0.25) is 0 Å². The van der Waals surface area contributed by atoms with E-state index in [2.05, 4.69) is 22.9 Å². The summed E-state index contributed by atoms with van der Waals surface area (Å²) in [5.74, 6) is 1.33. The average molecular weight is 506 g/mol. The van der Waals surface area contributed by atoms with Crippen molar-refractivity contribution in [1.82, 2.24) is 0 Å². The van der Waals surface area contributed by atoms with Crippen LogP contribution in [0.25, 0.3) is 6.08 Å². The maximum Gasteiger partial charge on any atom is 0.195 e. The summed E-state index contributed by atoms with van der Waals surface area (Å²) < 4.78 is 12.3. The number of carbonyl (C=O) groups excluding carboxylic acids is 1. The Labute approximate surface area is 194 Å². The molecule has 0 aliphatic carbocycles. The molecular formula is C24H22BrClO3S. The topological polar surface area (TPSA) is 35.5 Å². The summed E-state index contributed by atoms with van der Waals surface area (Å²) in [5.41, 5.74) is 1.77. The molecule has 3 nitrogen and oxygen atoms in total. The smallest absolute Gasteiger partial charge is 0.195 e. The van der Waals surface area contributed by atoms with E-state index in [9.17, 15) is 4.79 Å². The van der Waals surface area contributed by atoms with Gasteiger partial charge in [-0.3, -0.25) is 4.79 Å². The molecular weight excluding hydrogens is 484 g/mol. The fourth-order valence-electron chi connectivity index (χ4n) is 2.91. The number of halogens is 2. The van der Waals surface area contributed by atoms with Crippen LogP contribution < -0.4 is 9.47 Å². The Bertz CT molecular complexity index is 1060. The zero-order chi connectivity index (χ0) is 21.5. The number of methoxy groups -OCH3 is 1. The van der Waals surface area contributed by atoms with Gasteiger partial charge in [0.1, 0.15) is 18.1 Å². The lowest BCUT2D eigenvalue weighted by atomic mass is 10.1. The highest BCUT2D eigenvalue weighted by Crippen LogP contribution is 2.30. The van der Waals surface area contributed by atoms with Crippen molar-refractivity contribution in [3.8, 4) is 11.5 Å². The Hall–Kier alpha value is -2.08. The lowest BCUT2D eigenvalue weighted by molar-refractivity contribution is 0.105. The lowest BCUT2D eigenvalue weighted by Crippen LogP contribution is -1.99. The molecule has 0 spiro atoms. The molecule has 0 unspecified atom stereocenters. The van der Waals surface area contributed by atoms with Crippen LogP contribution >= 0.6 is 38.9 Å². The fraction of sp³-hybridized carbons (Fsp3) is 0.208. The highest BCUT2D eigenvalue weighted by atomic mass is 79.9. The number of rotatable bonds is 9. The molecule has 0 atom stereocenters. The molecule has 0 saturated heterocycles. The molecule has 1 heterocycles. The quantitative estimate of drug-likeness (QED) is 0.222. The molecule has 30 heavy (non-hydrogen) atoms. The van der Waals surface area contributed by atoms with Crippen LogP contribution in [0.2, 0.25) is 5.02 Å². The predicted octanol–water partition coefficient (Wildman–Crippen LogP) is 7.60. The standard InChI is InChI=1S/C24H22BrClO3S/c1-3-6-23-18(25)14-24(30-23)20(27)11-9-16-10-12-21(28-2)17(13-16)15-29-22-8-5-4-7-19(22)26/h4-5,7-14H,3,6,15H2,1-2H3/b11-9+. The minimum atomic E-state index is -0.00672. The van der Waals surface area contributed by atoms with Gasteiger partial charge in [-0.1, -0.05) is 49.2 Å². The first-order valence-corrected chi connectivity index (χ1v) is 11.6. The van der Waals surface area contributed by atoms with Gasteiger partial charge in [0.15, 0.2) is 5.78 Å². The molecule has 3 rings (SSSR count). The van der Waals surface area contributed by atoms with E-state index in [0.29, 0.717) is 17.4 Å². The number of para-hydroxylation sites is 1. The minimum Gasteiger partial charge on any atom is -0.496 e. The summed E-state index contributed by atoms with van der Waals surface area (Å²) in [5, 5.41) is 0.558. The van der Waals surface area contributed by atoms with Gasteiger partial charge in [0, 0.05) is 14.9 Å². The number of ether oxygens (including phenoxy) is 2. The van der Waals surface area contributed by atoms with Crippen LogP contribution in [0, 0.1) is 0 Å².